The average molecular weight is 387 g/mol. The summed E-state index contributed by atoms with van der Waals surface area (Å²) in [4.78, 5) is 26.1. The van der Waals surface area contributed by atoms with E-state index in [0.717, 1.165) is 11.1 Å². The van der Waals surface area contributed by atoms with E-state index >= 15 is 0 Å². The van der Waals surface area contributed by atoms with Crippen LogP contribution in [0.3, 0.4) is 0 Å². The Hall–Kier alpha value is -2.77. The van der Waals surface area contributed by atoms with E-state index in [1.165, 1.54) is 23.1 Å². The van der Waals surface area contributed by atoms with Gasteiger partial charge in [-0.05, 0) is 29.3 Å². The molecular weight excluding hydrogens is 365 g/mol. The lowest BCUT2D eigenvalue weighted by Gasteiger charge is -2.34. The van der Waals surface area contributed by atoms with E-state index < -0.39 is 23.7 Å². The lowest BCUT2D eigenvalue weighted by molar-refractivity contribution is -0.142. The van der Waals surface area contributed by atoms with Crippen LogP contribution < -0.4 is 0 Å². The topological polar surface area (TPSA) is 76.1 Å². The summed E-state index contributed by atoms with van der Waals surface area (Å²) < 4.78 is 24.3. The highest BCUT2D eigenvalue weighted by atomic mass is 19.1. The second-order valence-electron chi connectivity index (χ2n) is 6.61. The smallest absolute Gasteiger partial charge is 0.326 e. The molecule has 0 aromatic heterocycles. The van der Waals surface area contributed by atoms with Crippen molar-refractivity contribution >= 4 is 11.9 Å². The van der Waals surface area contributed by atoms with E-state index in [-0.39, 0.29) is 30.7 Å². The molecule has 1 aliphatic heterocycles. The number of carboxylic acid groups (broad SMARTS) is 1. The molecule has 0 saturated heterocycles. The maximum Gasteiger partial charge on any atom is 0.326 e. The molecule has 0 spiro atoms. The number of hydrogen-bond donors (Lipinski definition) is 1. The predicted molar refractivity (Wildman–Crippen MR) is 99.4 cm³/mol. The monoisotopic (exact) mass is 387 g/mol. The van der Waals surface area contributed by atoms with Gasteiger partial charge < -0.3 is 19.5 Å². The minimum absolute atomic E-state index is 0.00149. The number of nitrogens with zero attached hydrogens (tertiary/aromatic N) is 1. The summed E-state index contributed by atoms with van der Waals surface area (Å²) >= 11 is 0. The Morgan fingerprint density at radius 1 is 1.18 bits per heavy atom. The van der Waals surface area contributed by atoms with E-state index in [9.17, 15) is 19.1 Å². The maximum absolute atomic E-state index is 14.1. The number of aliphatic carboxylic acids is 1. The van der Waals surface area contributed by atoms with Crippen LogP contribution in [0.15, 0.2) is 42.5 Å². The van der Waals surface area contributed by atoms with Crippen molar-refractivity contribution in [2.75, 3.05) is 20.3 Å². The molecule has 0 radical (unpaired) electrons. The van der Waals surface area contributed by atoms with Crippen LogP contribution in [0.5, 0.6) is 0 Å². The van der Waals surface area contributed by atoms with Crippen LogP contribution in [0, 0.1) is 5.82 Å². The summed E-state index contributed by atoms with van der Waals surface area (Å²) in [5.74, 6) is -1.99. The van der Waals surface area contributed by atoms with Crippen LogP contribution in [-0.4, -0.2) is 48.2 Å². The van der Waals surface area contributed by atoms with Gasteiger partial charge >= 0.3 is 5.97 Å². The SMILES string of the molecule is COCCOCc1cc(C(=O)N2Cc3ccccc3CC2C(=O)O)ccc1F. The molecule has 1 atom stereocenters. The largest absolute Gasteiger partial charge is 0.480 e. The minimum atomic E-state index is -1.06. The number of carboxylic acids is 1. The molecule has 2 aromatic rings. The summed E-state index contributed by atoms with van der Waals surface area (Å²) in [6.07, 6.45) is 0.241. The second-order valence-corrected chi connectivity index (χ2v) is 6.61. The number of benzene rings is 2. The van der Waals surface area contributed by atoms with Crippen molar-refractivity contribution in [2.45, 2.75) is 25.6 Å². The number of hydrogen-bond acceptors (Lipinski definition) is 4. The summed E-state index contributed by atoms with van der Waals surface area (Å²) in [6, 6.07) is 10.5. The molecule has 1 amide bonds. The lowest BCUT2D eigenvalue weighted by atomic mass is 9.93. The Balaban J connectivity index is 1.83. The van der Waals surface area contributed by atoms with Crippen molar-refractivity contribution in [2.24, 2.45) is 0 Å². The molecule has 148 valence electrons. The highest BCUT2D eigenvalue weighted by Gasteiger charge is 2.35. The molecule has 0 aliphatic carbocycles. The van der Waals surface area contributed by atoms with Crippen molar-refractivity contribution in [3.63, 3.8) is 0 Å². The predicted octanol–water partition coefficient (Wildman–Crippen LogP) is 2.64. The molecule has 6 nitrogen and oxygen atoms in total. The summed E-state index contributed by atoms with van der Waals surface area (Å²) in [5.41, 5.74) is 2.31. The van der Waals surface area contributed by atoms with Gasteiger partial charge in [0.05, 0.1) is 19.8 Å². The van der Waals surface area contributed by atoms with Gasteiger partial charge in [0, 0.05) is 31.2 Å². The molecule has 3 rings (SSSR count). The first-order valence-corrected chi connectivity index (χ1v) is 8.97. The third-order valence-electron chi connectivity index (χ3n) is 4.78. The molecule has 1 unspecified atom stereocenters. The summed E-state index contributed by atoms with van der Waals surface area (Å²) in [7, 11) is 1.54. The highest BCUT2D eigenvalue weighted by molar-refractivity contribution is 5.97. The zero-order chi connectivity index (χ0) is 20.1. The van der Waals surface area contributed by atoms with Gasteiger partial charge in [-0.1, -0.05) is 24.3 Å². The van der Waals surface area contributed by atoms with Gasteiger partial charge in [-0.3, -0.25) is 4.79 Å². The molecule has 7 heteroatoms. The molecule has 1 aliphatic rings. The molecule has 1 heterocycles. The fourth-order valence-electron chi connectivity index (χ4n) is 3.27. The maximum atomic E-state index is 14.1. The standard InChI is InChI=1S/C21H22FNO5/c1-27-8-9-28-13-17-10-15(6-7-18(17)22)20(24)23-12-16-5-3-2-4-14(16)11-19(23)21(25)26/h2-7,10,19H,8-9,11-13H2,1H3,(H,25,26). The fourth-order valence-corrected chi connectivity index (χ4v) is 3.27. The van der Waals surface area contributed by atoms with E-state index in [1.807, 2.05) is 24.3 Å². The van der Waals surface area contributed by atoms with Crippen molar-refractivity contribution in [1.29, 1.82) is 0 Å². The highest BCUT2D eigenvalue weighted by Crippen LogP contribution is 2.26. The number of carbonyl (C=O) groups excluding carboxylic acids is 1. The summed E-state index contributed by atoms with van der Waals surface area (Å²) in [6.45, 7) is 0.885. The Morgan fingerprint density at radius 3 is 2.64 bits per heavy atom. The van der Waals surface area contributed by atoms with Crippen LogP contribution in [0.2, 0.25) is 0 Å². The van der Waals surface area contributed by atoms with Gasteiger partial charge in [0.25, 0.3) is 5.91 Å². The van der Waals surface area contributed by atoms with Crippen molar-refractivity contribution in [3.05, 3.63) is 70.5 Å². The van der Waals surface area contributed by atoms with Gasteiger partial charge in [0.15, 0.2) is 0 Å². The number of fused-ring (bicyclic) bond motifs is 1. The number of ether oxygens (including phenoxy) is 2. The van der Waals surface area contributed by atoms with Crippen molar-refractivity contribution in [1.82, 2.24) is 4.90 Å². The Kier molecular flexibility index (Phi) is 6.38. The molecule has 1 N–H and O–H groups in total. The molecule has 0 fully saturated rings. The normalized spacial score (nSPS) is 15.9. The fraction of sp³-hybridized carbons (Fsp3) is 0.333. The molecule has 0 saturated carbocycles. The van der Waals surface area contributed by atoms with E-state index in [4.69, 9.17) is 9.47 Å². The van der Waals surface area contributed by atoms with E-state index in [1.54, 1.807) is 7.11 Å². The minimum Gasteiger partial charge on any atom is -0.480 e. The van der Waals surface area contributed by atoms with Crippen LogP contribution in [0.4, 0.5) is 4.39 Å². The molecular formula is C21H22FNO5. The van der Waals surface area contributed by atoms with Crippen LogP contribution in [-0.2, 0) is 33.8 Å². The first kappa shape index (κ1) is 20.0. The zero-order valence-electron chi connectivity index (χ0n) is 15.6. The van der Waals surface area contributed by atoms with Crippen molar-refractivity contribution < 1.29 is 28.6 Å². The Labute approximate surface area is 162 Å². The lowest BCUT2D eigenvalue weighted by Crippen LogP contribution is -2.48. The number of carbonyl (C=O) groups is 2. The number of amides is 1. The molecule has 28 heavy (non-hydrogen) atoms. The van der Waals surface area contributed by atoms with Gasteiger partial charge in [-0.25, -0.2) is 9.18 Å². The third kappa shape index (κ3) is 4.37. The first-order chi connectivity index (χ1) is 13.5. The Morgan fingerprint density at radius 2 is 1.93 bits per heavy atom. The number of halogens is 1. The average Bonchev–Trinajstić information content (AvgIpc) is 2.70. The van der Waals surface area contributed by atoms with Gasteiger partial charge in [0.1, 0.15) is 11.9 Å². The number of methoxy groups -OCH3 is 1. The number of rotatable bonds is 7. The first-order valence-electron chi connectivity index (χ1n) is 8.97. The van der Waals surface area contributed by atoms with Gasteiger partial charge in [0.2, 0.25) is 0 Å². The van der Waals surface area contributed by atoms with Gasteiger partial charge in [-0.15, -0.1) is 0 Å². The summed E-state index contributed by atoms with van der Waals surface area (Å²) in [5, 5.41) is 9.61. The van der Waals surface area contributed by atoms with Crippen molar-refractivity contribution in [3.8, 4) is 0 Å². The van der Waals surface area contributed by atoms with Gasteiger partial charge in [-0.2, -0.15) is 0 Å². The van der Waals surface area contributed by atoms with Crippen LogP contribution >= 0.6 is 0 Å². The van der Waals surface area contributed by atoms with Crippen LogP contribution in [0.25, 0.3) is 0 Å². The van der Waals surface area contributed by atoms with E-state index in [0.29, 0.717) is 13.2 Å². The second kappa shape index (κ2) is 8.95. The van der Waals surface area contributed by atoms with Crippen LogP contribution in [0.1, 0.15) is 27.0 Å². The quantitative estimate of drug-likeness (QED) is 0.739. The zero-order valence-corrected chi connectivity index (χ0v) is 15.6. The Bertz CT molecular complexity index is 870. The molecule has 0 bridgehead atoms. The third-order valence-corrected chi connectivity index (χ3v) is 4.78. The van der Waals surface area contributed by atoms with E-state index in [2.05, 4.69) is 0 Å². The molecule has 2 aromatic carbocycles.